The highest BCUT2D eigenvalue weighted by molar-refractivity contribution is 6.30. The summed E-state index contributed by atoms with van der Waals surface area (Å²) < 4.78 is 14.9. The third-order valence-electron chi connectivity index (χ3n) is 1.91. The van der Waals surface area contributed by atoms with E-state index in [0.717, 1.165) is 0 Å². The van der Waals surface area contributed by atoms with Crippen LogP contribution in [0.25, 0.3) is 5.69 Å². The Morgan fingerprint density at radius 3 is 2.87 bits per heavy atom. The first kappa shape index (κ1) is 9.86. The first-order chi connectivity index (χ1) is 7.20. The number of aromatic nitrogens is 2. The van der Waals surface area contributed by atoms with E-state index in [9.17, 15) is 9.18 Å². The second-order valence-electron chi connectivity index (χ2n) is 2.92. The van der Waals surface area contributed by atoms with E-state index in [1.807, 2.05) is 0 Å². The SMILES string of the molecule is O=Cc1cn(-c2ccc(Cl)cc2F)cn1. The Kier molecular flexibility index (Phi) is 2.51. The van der Waals surface area contributed by atoms with Crippen LogP contribution in [0.4, 0.5) is 4.39 Å². The molecule has 0 saturated carbocycles. The molecule has 0 spiro atoms. The molecule has 0 aliphatic heterocycles. The molecule has 0 radical (unpaired) electrons. The van der Waals surface area contributed by atoms with Gasteiger partial charge in [0.15, 0.2) is 6.29 Å². The summed E-state index contributed by atoms with van der Waals surface area (Å²) in [4.78, 5) is 14.2. The molecule has 0 bridgehead atoms. The monoisotopic (exact) mass is 224 g/mol. The molecule has 76 valence electrons. The van der Waals surface area contributed by atoms with E-state index in [1.54, 1.807) is 6.07 Å². The van der Waals surface area contributed by atoms with Crippen LogP contribution in [0.5, 0.6) is 0 Å². The Balaban J connectivity index is 2.49. The quantitative estimate of drug-likeness (QED) is 0.735. The van der Waals surface area contributed by atoms with Crippen LogP contribution in [0.2, 0.25) is 5.02 Å². The van der Waals surface area contributed by atoms with Crippen molar-refractivity contribution in [1.29, 1.82) is 0 Å². The summed E-state index contributed by atoms with van der Waals surface area (Å²) in [7, 11) is 0. The highest BCUT2D eigenvalue weighted by atomic mass is 35.5. The maximum Gasteiger partial charge on any atom is 0.170 e. The van der Waals surface area contributed by atoms with Gasteiger partial charge in [0.2, 0.25) is 0 Å². The van der Waals surface area contributed by atoms with Gasteiger partial charge < -0.3 is 4.57 Å². The van der Waals surface area contributed by atoms with E-state index in [4.69, 9.17) is 11.6 Å². The lowest BCUT2D eigenvalue weighted by Crippen LogP contribution is -1.94. The van der Waals surface area contributed by atoms with Crippen molar-refractivity contribution in [2.45, 2.75) is 0 Å². The highest BCUT2D eigenvalue weighted by Crippen LogP contribution is 2.18. The Morgan fingerprint density at radius 2 is 2.27 bits per heavy atom. The molecule has 0 N–H and O–H groups in total. The van der Waals surface area contributed by atoms with Crippen LogP contribution < -0.4 is 0 Å². The van der Waals surface area contributed by atoms with Crippen LogP contribution in [0.3, 0.4) is 0 Å². The van der Waals surface area contributed by atoms with Gasteiger partial charge in [0.05, 0.1) is 5.69 Å². The molecule has 0 aliphatic rings. The zero-order chi connectivity index (χ0) is 10.8. The van der Waals surface area contributed by atoms with E-state index in [0.29, 0.717) is 17.0 Å². The molecular formula is C10H6ClFN2O. The standard InChI is InChI=1S/C10H6ClFN2O/c11-7-1-2-10(9(12)3-7)14-4-8(5-15)13-6-14/h1-6H. The first-order valence-electron chi connectivity index (χ1n) is 4.15. The highest BCUT2D eigenvalue weighted by Gasteiger charge is 2.05. The van der Waals surface area contributed by atoms with E-state index < -0.39 is 5.82 Å². The zero-order valence-electron chi connectivity index (χ0n) is 7.52. The van der Waals surface area contributed by atoms with Crippen LogP contribution in [-0.2, 0) is 0 Å². The van der Waals surface area contributed by atoms with E-state index >= 15 is 0 Å². The lowest BCUT2D eigenvalue weighted by molar-refractivity contribution is 0.111. The van der Waals surface area contributed by atoms with Crippen molar-refractivity contribution in [3.63, 3.8) is 0 Å². The molecule has 0 saturated heterocycles. The summed E-state index contributed by atoms with van der Waals surface area (Å²) in [5.74, 6) is -0.461. The normalized spacial score (nSPS) is 10.3. The fourth-order valence-electron chi connectivity index (χ4n) is 1.22. The molecule has 0 unspecified atom stereocenters. The number of carbonyl (C=O) groups is 1. The number of aldehydes is 1. The second-order valence-corrected chi connectivity index (χ2v) is 3.36. The summed E-state index contributed by atoms with van der Waals surface area (Å²) in [5, 5.41) is 0.326. The molecule has 0 amide bonds. The van der Waals surface area contributed by atoms with Gasteiger partial charge in [0, 0.05) is 11.2 Å². The van der Waals surface area contributed by atoms with Crippen LogP contribution in [0.1, 0.15) is 10.5 Å². The minimum atomic E-state index is -0.461. The van der Waals surface area contributed by atoms with Gasteiger partial charge in [-0.3, -0.25) is 4.79 Å². The third-order valence-corrected chi connectivity index (χ3v) is 2.15. The molecular weight excluding hydrogens is 219 g/mol. The first-order valence-corrected chi connectivity index (χ1v) is 4.53. The summed E-state index contributed by atoms with van der Waals surface area (Å²) in [5.41, 5.74) is 0.560. The van der Waals surface area contributed by atoms with Crippen molar-refractivity contribution < 1.29 is 9.18 Å². The van der Waals surface area contributed by atoms with Gasteiger partial charge in [-0.2, -0.15) is 0 Å². The molecule has 0 aliphatic carbocycles. The number of hydrogen-bond donors (Lipinski definition) is 0. The molecule has 2 aromatic rings. The molecule has 5 heteroatoms. The Morgan fingerprint density at radius 1 is 1.47 bits per heavy atom. The van der Waals surface area contributed by atoms with Gasteiger partial charge in [-0.15, -0.1) is 0 Å². The van der Waals surface area contributed by atoms with E-state index in [1.165, 1.54) is 29.2 Å². The Bertz CT molecular complexity index is 510. The third kappa shape index (κ3) is 1.89. The van der Waals surface area contributed by atoms with Crippen LogP contribution >= 0.6 is 11.6 Å². The average Bonchev–Trinajstić information content (AvgIpc) is 2.66. The molecule has 1 heterocycles. The molecule has 15 heavy (non-hydrogen) atoms. The predicted molar refractivity (Wildman–Crippen MR) is 53.9 cm³/mol. The molecule has 0 atom stereocenters. The topological polar surface area (TPSA) is 34.9 Å². The Labute approximate surface area is 90.1 Å². The molecule has 1 aromatic carbocycles. The average molecular weight is 225 g/mol. The number of nitrogens with zero attached hydrogens (tertiary/aromatic N) is 2. The van der Waals surface area contributed by atoms with Gasteiger partial charge in [-0.05, 0) is 18.2 Å². The second kappa shape index (κ2) is 3.82. The molecule has 0 fully saturated rings. The van der Waals surface area contributed by atoms with E-state index in [2.05, 4.69) is 4.98 Å². The van der Waals surface area contributed by atoms with Crippen molar-refractivity contribution in [3.05, 3.63) is 47.3 Å². The molecule has 3 nitrogen and oxygen atoms in total. The van der Waals surface area contributed by atoms with Crippen molar-refractivity contribution in [2.75, 3.05) is 0 Å². The molecule has 1 aromatic heterocycles. The van der Waals surface area contributed by atoms with Gasteiger partial charge in [-0.25, -0.2) is 9.37 Å². The van der Waals surface area contributed by atoms with Crippen molar-refractivity contribution >= 4 is 17.9 Å². The number of benzene rings is 1. The number of halogens is 2. The maximum absolute atomic E-state index is 13.4. The van der Waals surface area contributed by atoms with E-state index in [-0.39, 0.29) is 5.69 Å². The van der Waals surface area contributed by atoms with Crippen LogP contribution in [0, 0.1) is 5.82 Å². The van der Waals surface area contributed by atoms with Crippen molar-refractivity contribution in [1.82, 2.24) is 9.55 Å². The number of carbonyl (C=O) groups excluding carboxylic acids is 1. The van der Waals surface area contributed by atoms with Crippen molar-refractivity contribution in [3.8, 4) is 5.69 Å². The maximum atomic E-state index is 13.4. The summed E-state index contributed by atoms with van der Waals surface area (Å²) >= 11 is 5.62. The fourth-order valence-corrected chi connectivity index (χ4v) is 1.38. The minimum absolute atomic E-state index is 0.254. The van der Waals surface area contributed by atoms with Crippen LogP contribution in [0.15, 0.2) is 30.7 Å². The number of hydrogen-bond acceptors (Lipinski definition) is 2. The zero-order valence-corrected chi connectivity index (χ0v) is 8.28. The summed E-state index contributed by atoms with van der Waals surface area (Å²) in [6, 6.07) is 4.30. The van der Waals surface area contributed by atoms with Crippen molar-refractivity contribution in [2.24, 2.45) is 0 Å². The minimum Gasteiger partial charge on any atom is -0.303 e. The fraction of sp³-hybridized carbons (Fsp3) is 0. The summed E-state index contributed by atoms with van der Waals surface area (Å²) in [6.07, 6.45) is 3.42. The van der Waals surface area contributed by atoms with Gasteiger partial charge in [0.25, 0.3) is 0 Å². The number of rotatable bonds is 2. The smallest absolute Gasteiger partial charge is 0.170 e. The van der Waals surface area contributed by atoms with Gasteiger partial charge >= 0.3 is 0 Å². The van der Waals surface area contributed by atoms with Gasteiger partial charge in [0.1, 0.15) is 17.8 Å². The largest absolute Gasteiger partial charge is 0.303 e. The lowest BCUT2D eigenvalue weighted by atomic mass is 10.3. The molecule has 2 rings (SSSR count). The predicted octanol–water partition coefficient (Wildman–Crippen LogP) is 2.48. The number of imidazole rings is 1. The van der Waals surface area contributed by atoms with Crippen LogP contribution in [-0.4, -0.2) is 15.8 Å². The van der Waals surface area contributed by atoms with Gasteiger partial charge in [-0.1, -0.05) is 11.6 Å². The lowest BCUT2D eigenvalue weighted by Gasteiger charge is -2.03. The Hall–Kier alpha value is -1.68. The summed E-state index contributed by atoms with van der Waals surface area (Å²) in [6.45, 7) is 0.